The topological polar surface area (TPSA) is 82.1 Å². The van der Waals surface area contributed by atoms with Crippen LogP contribution in [0.2, 0.25) is 0 Å². The van der Waals surface area contributed by atoms with E-state index in [1.54, 1.807) is 4.90 Å². The summed E-state index contributed by atoms with van der Waals surface area (Å²) in [6, 6.07) is -0.142. The van der Waals surface area contributed by atoms with Crippen molar-refractivity contribution in [1.29, 1.82) is 0 Å². The molecule has 0 saturated carbocycles. The van der Waals surface area contributed by atoms with Crippen molar-refractivity contribution >= 4 is 12.0 Å². The first-order valence-corrected chi connectivity index (χ1v) is 6.62. The third-order valence-electron chi connectivity index (χ3n) is 2.94. The van der Waals surface area contributed by atoms with Gasteiger partial charge in [0.15, 0.2) is 0 Å². The van der Waals surface area contributed by atoms with Crippen molar-refractivity contribution in [2.75, 3.05) is 32.8 Å². The maximum atomic E-state index is 12.1. The van der Waals surface area contributed by atoms with E-state index < -0.39 is 5.97 Å². The van der Waals surface area contributed by atoms with Gasteiger partial charge in [-0.1, -0.05) is 0 Å². The summed E-state index contributed by atoms with van der Waals surface area (Å²) in [5.41, 5.74) is 2.83. The monoisotopic (exact) mass is 273 g/mol. The number of hydrogen-bond acceptors (Lipinski definition) is 4. The summed E-state index contributed by atoms with van der Waals surface area (Å²) in [6.45, 7) is 6.85. The Morgan fingerprint density at radius 1 is 1.37 bits per heavy atom. The molecule has 2 N–H and O–H groups in total. The highest BCUT2D eigenvalue weighted by atomic mass is 16.5. The molecule has 7 nitrogen and oxygen atoms in total. The van der Waals surface area contributed by atoms with Gasteiger partial charge in [0, 0.05) is 32.1 Å². The first-order chi connectivity index (χ1) is 9.00. The largest absolute Gasteiger partial charge is 0.481 e. The van der Waals surface area contributed by atoms with Crippen molar-refractivity contribution in [2.24, 2.45) is 0 Å². The normalized spacial score (nSPS) is 16.4. The van der Waals surface area contributed by atoms with Gasteiger partial charge in [-0.3, -0.25) is 10.2 Å². The van der Waals surface area contributed by atoms with Gasteiger partial charge >= 0.3 is 12.0 Å². The molecule has 0 unspecified atom stereocenters. The number of aliphatic carboxylic acids is 1. The van der Waals surface area contributed by atoms with Gasteiger partial charge < -0.3 is 14.7 Å². The van der Waals surface area contributed by atoms with Gasteiger partial charge in [0.1, 0.15) is 0 Å². The predicted octanol–water partition coefficient (Wildman–Crippen LogP) is 0.518. The van der Waals surface area contributed by atoms with Crippen LogP contribution in [0.4, 0.5) is 4.79 Å². The number of nitrogens with one attached hydrogen (secondary N) is 1. The molecule has 0 radical (unpaired) electrons. The lowest BCUT2D eigenvalue weighted by atomic mass is 10.2. The van der Waals surface area contributed by atoms with Crippen LogP contribution in [0.3, 0.4) is 0 Å². The second kappa shape index (κ2) is 7.96. The molecule has 0 aromatic rings. The quantitative estimate of drug-likeness (QED) is 0.737. The second-order valence-electron chi connectivity index (χ2n) is 4.80. The van der Waals surface area contributed by atoms with E-state index in [1.165, 1.54) is 0 Å². The molecule has 0 spiro atoms. The highest BCUT2D eigenvalue weighted by molar-refractivity contribution is 5.74. The van der Waals surface area contributed by atoms with E-state index in [0.29, 0.717) is 39.3 Å². The standard InChI is InChI=1S/C12H23N3O4/c1-10(2)15(5-3-4-11(16)17)12(18)13-14-6-8-19-9-7-14/h10H,3-9H2,1-2H3,(H,13,18)(H,16,17). The van der Waals surface area contributed by atoms with Crippen LogP contribution >= 0.6 is 0 Å². The van der Waals surface area contributed by atoms with Gasteiger partial charge in [-0.25, -0.2) is 9.80 Å². The molecule has 110 valence electrons. The molecule has 19 heavy (non-hydrogen) atoms. The zero-order valence-corrected chi connectivity index (χ0v) is 11.6. The maximum absolute atomic E-state index is 12.1. The number of hydrazine groups is 1. The molecule has 2 amide bonds. The fraction of sp³-hybridized carbons (Fsp3) is 0.833. The molecule has 0 aromatic heterocycles. The van der Waals surface area contributed by atoms with Crippen molar-refractivity contribution in [3.8, 4) is 0 Å². The lowest BCUT2D eigenvalue weighted by molar-refractivity contribution is -0.137. The fourth-order valence-corrected chi connectivity index (χ4v) is 1.87. The Bertz CT molecular complexity index is 303. The number of hydrogen-bond donors (Lipinski definition) is 2. The van der Waals surface area contributed by atoms with Gasteiger partial charge in [0.2, 0.25) is 0 Å². The first kappa shape index (κ1) is 15.7. The number of ether oxygens (including phenoxy) is 1. The molecule has 1 fully saturated rings. The molecular formula is C12H23N3O4. The van der Waals surface area contributed by atoms with Crippen LogP contribution in [0, 0.1) is 0 Å². The predicted molar refractivity (Wildman–Crippen MR) is 69.6 cm³/mol. The third-order valence-corrected chi connectivity index (χ3v) is 2.94. The third kappa shape index (κ3) is 5.89. The van der Waals surface area contributed by atoms with Crippen LogP contribution in [0.5, 0.6) is 0 Å². The fourth-order valence-electron chi connectivity index (χ4n) is 1.87. The molecule has 0 atom stereocenters. The number of carbonyl (C=O) groups is 2. The number of rotatable bonds is 6. The summed E-state index contributed by atoms with van der Waals surface area (Å²) in [7, 11) is 0. The minimum absolute atomic E-state index is 0.0369. The maximum Gasteiger partial charge on any atom is 0.332 e. The average molecular weight is 273 g/mol. The van der Waals surface area contributed by atoms with Crippen LogP contribution in [0.1, 0.15) is 26.7 Å². The number of carboxylic acid groups (broad SMARTS) is 1. The van der Waals surface area contributed by atoms with E-state index in [4.69, 9.17) is 9.84 Å². The number of amides is 2. The van der Waals surface area contributed by atoms with Crippen molar-refractivity contribution in [2.45, 2.75) is 32.7 Å². The molecule has 0 aromatic carbocycles. The molecule has 1 aliphatic heterocycles. The molecule has 1 aliphatic rings. The van der Waals surface area contributed by atoms with Crippen LogP contribution in [0.15, 0.2) is 0 Å². The molecule has 1 rings (SSSR count). The van der Waals surface area contributed by atoms with E-state index in [2.05, 4.69) is 5.43 Å². The Hall–Kier alpha value is -1.34. The zero-order valence-electron chi connectivity index (χ0n) is 11.6. The Balaban J connectivity index is 2.40. The van der Waals surface area contributed by atoms with E-state index in [0.717, 1.165) is 0 Å². The number of carbonyl (C=O) groups excluding carboxylic acids is 1. The van der Waals surface area contributed by atoms with Gasteiger partial charge in [-0.2, -0.15) is 0 Å². The molecule has 1 saturated heterocycles. The highest BCUT2D eigenvalue weighted by Gasteiger charge is 2.20. The molecule has 0 aliphatic carbocycles. The Morgan fingerprint density at radius 2 is 2.00 bits per heavy atom. The summed E-state index contributed by atoms with van der Waals surface area (Å²) in [5, 5.41) is 10.5. The number of nitrogens with zero attached hydrogens (tertiary/aromatic N) is 2. The Kier molecular flexibility index (Phi) is 6.58. The van der Waals surface area contributed by atoms with Crippen molar-refractivity contribution in [3.63, 3.8) is 0 Å². The number of morpholine rings is 1. The number of urea groups is 1. The van der Waals surface area contributed by atoms with Gasteiger partial charge in [0.05, 0.1) is 13.2 Å². The lowest BCUT2D eigenvalue weighted by Crippen LogP contribution is -2.54. The summed E-state index contributed by atoms with van der Waals surface area (Å²) < 4.78 is 5.21. The first-order valence-electron chi connectivity index (χ1n) is 6.62. The van der Waals surface area contributed by atoms with E-state index in [-0.39, 0.29) is 18.5 Å². The van der Waals surface area contributed by atoms with Crippen molar-refractivity contribution < 1.29 is 19.4 Å². The zero-order chi connectivity index (χ0) is 14.3. The van der Waals surface area contributed by atoms with Crippen LogP contribution in [-0.4, -0.2) is 65.9 Å². The summed E-state index contributed by atoms with van der Waals surface area (Å²) >= 11 is 0. The van der Waals surface area contributed by atoms with Crippen molar-refractivity contribution in [1.82, 2.24) is 15.3 Å². The van der Waals surface area contributed by atoms with Crippen molar-refractivity contribution in [3.05, 3.63) is 0 Å². The minimum Gasteiger partial charge on any atom is -0.481 e. The Labute approximate surface area is 113 Å². The van der Waals surface area contributed by atoms with Gasteiger partial charge in [-0.05, 0) is 20.3 Å². The lowest BCUT2D eigenvalue weighted by Gasteiger charge is -2.32. The van der Waals surface area contributed by atoms with Crippen LogP contribution in [0.25, 0.3) is 0 Å². The summed E-state index contributed by atoms with van der Waals surface area (Å²) in [4.78, 5) is 24.3. The summed E-state index contributed by atoms with van der Waals surface area (Å²) in [5.74, 6) is -0.836. The van der Waals surface area contributed by atoms with Gasteiger partial charge in [-0.15, -0.1) is 0 Å². The van der Waals surface area contributed by atoms with Crippen LogP contribution < -0.4 is 5.43 Å². The average Bonchev–Trinajstić information content (AvgIpc) is 2.35. The molecule has 0 bridgehead atoms. The number of carboxylic acids is 1. The van der Waals surface area contributed by atoms with E-state index in [9.17, 15) is 9.59 Å². The van der Waals surface area contributed by atoms with E-state index >= 15 is 0 Å². The highest BCUT2D eigenvalue weighted by Crippen LogP contribution is 2.04. The van der Waals surface area contributed by atoms with Crippen LogP contribution in [-0.2, 0) is 9.53 Å². The van der Waals surface area contributed by atoms with Gasteiger partial charge in [0.25, 0.3) is 0 Å². The summed E-state index contributed by atoms with van der Waals surface area (Å²) in [6.07, 6.45) is 0.540. The molecule has 7 heteroatoms. The Morgan fingerprint density at radius 3 is 2.53 bits per heavy atom. The molecule has 1 heterocycles. The molecular weight excluding hydrogens is 250 g/mol. The second-order valence-corrected chi connectivity index (χ2v) is 4.80. The van der Waals surface area contributed by atoms with E-state index in [1.807, 2.05) is 18.9 Å². The smallest absolute Gasteiger partial charge is 0.332 e. The SMILES string of the molecule is CC(C)N(CCCC(=O)O)C(=O)NN1CCOCC1. The minimum atomic E-state index is -0.836.